The summed E-state index contributed by atoms with van der Waals surface area (Å²) in [5.41, 5.74) is 0.336. The number of aliphatic carboxylic acids is 1. The lowest BCUT2D eigenvalue weighted by atomic mass is 9.84. The van der Waals surface area contributed by atoms with Crippen molar-refractivity contribution in [3.63, 3.8) is 0 Å². The molecule has 0 saturated heterocycles. The molecule has 0 saturated carbocycles. The molecule has 0 aromatic heterocycles. The van der Waals surface area contributed by atoms with Crippen molar-refractivity contribution in [2.24, 2.45) is 5.41 Å². The Kier molecular flexibility index (Phi) is 4.27. The number of rotatable bonds is 4. The SMILES string of the molecule is CC(C)(C)CCC(C(=O)O)c1ccccc1F. The van der Waals surface area contributed by atoms with Gasteiger partial charge in [0.15, 0.2) is 0 Å². The lowest BCUT2D eigenvalue weighted by molar-refractivity contribution is -0.139. The van der Waals surface area contributed by atoms with Crippen LogP contribution in [0.25, 0.3) is 0 Å². The molecular weight excluding hydrogens is 219 g/mol. The quantitative estimate of drug-likeness (QED) is 0.865. The van der Waals surface area contributed by atoms with Gasteiger partial charge in [-0.3, -0.25) is 4.79 Å². The molecule has 1 N–H and O–H groups in total. The van der Waals surface area contributed by atoms with Crippen molar-refractivity contribution < 1.29 is 14.3 Å². The third-order valence-corrected chi connectivity index (χ3v) is 2.76. The average Bonchev–Trinajstić information content (AvgIpc) is 2.18. The van der Waals surface area contributed by atoms with Crippen LogP contribution in [-0.4, -0.2) is 11.1 Å². The van der Waals surface area contributed by atoms with Gasteiger partial charge < -0.3 is 5.11 Å². The Bertz CT molecular complexity index is 393. The topological polar surface area (TPSA) is 37.3 Å². The van der Waals surface area contributed by atoms with Gasteiger partial charge in [-0.2, -0.15) is 0 Å². The van der Waals surface area contributed by atoms with Crippen LogP contribution < -0.4 is 0 Å². The Hall–Kier alpha value is -1.38. The minimum absolute atomic E-state index is 0.0545. The lowest BCUT2D eigenvalue weighted by Crippen LogP contribution is -2.16. The minimum Gasteiger partial charge on any atom is -0.481 e. The lowest BCUT2D eigenvalue weighted by Gasteiger charge is -2.21. The molecule has 0 aliphatic carbocycles. The van der Waals surface area contributed by atoms with Crippen LogP contribution >= 0.6 is 0 Å². The van der Waals surface area contributed by atoms with Gasteiger partial charge in [-0.05, 0) is 24.3 Å². The van der Waals surface area contributed by atoms with E-state index in [4.69, 9.17) is 0 Å². The van der Waals surface area contributed by atoms with E-state index in [2.05, 4.69) is 0 Å². The molecule has 0 bridgehead atoms. The summed E-state index contributed by atoms with van der Waals surface area (Å²) in [6.07, 6.45) is 1.21. The number of carboxylic acids is 1. The van der Waals surface area contributed by atoms with Gasteiger partial charge in [-0.25, -0.2) is 4.39 Å². The Morgan fingerprint density at radius 1 is 1.35 bits per heavy atom. The maximum Gasteiger partial charge on any atom is 0.311 e. The molecule has 1 aromatic rings. The molecule has 0 heterocycles. The van der Waals surface area contributed by atoms with E-state index in [0.29, 0.717) is 6.42 Å². The Balaban J connectivity index is 2.88. The summed E-state index contributed by atoms with van der Waals surface area (Å²) in [6, 6.07) is 6.10. The summed E-state index contributed by atoms with van der Waals surface area (Å²) in [5.74, 6) is -2.15. The number of hydrogen-bond donors (Lipinski definition) is 1. The van der Waals surface area contributed by atoms with E-state index in [0.717, 1.165) is 6.42 Å². The highest BCUT2D eigenvalue weighted by Gasteiger charge is 2.24. The molecular formula is C14H19FO2. The van der Waals surface area contributed by atoms with Crippen molar-refractivity contribution in [2.75, 3.05) is 0 Å². The van der Waals surface area contributed by atoms with Crippen molar-refractivity contribution in [1.82, 2.24) is 0 Å². The highest BCUT2D eigenvalue weighted by molar-refractivity contribution is 5.76. The van der Waals surface area contributed by atoms with Gasteiger partial charge in [0.1, 0.15) is 5.82 Å². The third-order valence-electron chi connectivity index (χ3n) is 2.76. The van der Waals surface area contributed by atoms with Crippen molar-refractivity contribution in [2.45, 2.75) is 39.5 Å². The number of carboxylic acid groups (broad SMARTS) is 1. The van der Waals surface area contributed by atoms with E-state index < -0.39 is 17.7 Å². The molecule has 0 fully saturated rings. The molecule has 1 atom stereocenters. The van der Waals surface area contributed by atoms with Crippen LogP contribution in [0.1, 0.15) is 45.1 Å². The number of carbonyl (C=O) groups is 1. The van der Waals surface area contributed by atoms with Gasteiger partial charge in [0.05, 0.1) is 5.92 Å². The molecule has 94 valence electrons. The average molecular weight is 238 g/mol. The first-order chi connectivity index (χ1) is 7.81. The molecule has 0 aliphatic heterocycles. The van der Waals surface area contributed by atoms with E-state index in [1.165, 1.54) is 6.07 Å². The first-order valence-electron chi connectivity index (χ1n) is 5.78. The number of halogens is 1. The Morgan fingerprint density at radius 3 is 2.41 bits per heavy atom. The first-order valence-corrected chi connectivity index (χ1v) is 5.78. The molecule has 17 heavy (non-hydrogen) atoms. The van der Waals surface area contributed by atoms with Gasteiger partial charge in [-0.15, -0.1) is 0 Å². The largest absolute Gasteiger partial charge is 0.481 e. The summed E-state index contributed by atoms with van der Waals surface area (Å²) in [6.45, 7) is 6.15. The van der Waals surface area contributed by atoms with E-state index in [-0.39, 0.29) is 11.0 Å². The normalized spacial score (nSPS) is 13.4. The van der Waals surface area contributed by atoms with Crippen LogP contribution in [0.5, 0.6) is 0 Å². The fourth-order valence-corrected chi connectivity index (χ4v) is 1.75. The van der Waals surface area contributed by atoms with Gasteiger partial charge >= 0.3 is 5.97 Å². The highest BCUT2D eigenvalue weighted by atomic mass is 19.1. The molecule has 1 aromatic carbocycles. The summed E-state index contributed by atoms with van der Waals surface area (Å²) in [5, 5.41) is 9.18. The van der Waals surface area contributed by atoms with Crippen LogP contribution in [-0.2, 0) is 4.79 Å². The first kappa shape index (κ1) is 13.7. The van der Waals surface area contributed by atoms with E-state index >= 15 is 0 Å². The second-order valence-corrected chi connectivity index (χ2v) is 5.51. The summed E-state index contributed by atoms with van der Waals surface area (Å²) < 4.78 is 13.6. The third kappa shape index (κ3) is 4.17. The standard InChI is InChI=1S/C14H19FO2/c1-14(2,3)9-8-11(13(16)17)10-6-4-5-7-12(10)15/h4-7,11H,8-9H2,1-3H3,(H,16,17). The van der Waals surface area contributed by atoms with Crippen molar-refractivity contribution in [3.05, 3.63) is 35.6 Å². The second kappa shape index (κ2) is 5.30. The summed E-state index contributed by atoms with van der Waals surface area (Å²) >= 11 is 0. The van der Waals surface area contributed by atoms with Crippen molar-refractivity contribution >= 4 is 5.97 Å². The molecule has 0 spiro atoms. The molecule has 1 unspecified atom stereocenters. The smallest absolute Gasteiger partial charge is 0.311 e. The van der Waals surface area contributed by atoms with Gasteiger partial charge in [0.25, 0.3) is 0 Å². The maximum absolute atomic E-state index is 13.6. The van der Waals surface area contributed by atoms with E-state index in [1.54, 1.807) is 18.2 Å². The van der Waals surface area contributed by atoms with Crippen LogP contribution in [0.4, 0.5) is 4.39 Å². The maximum atomic E-state index is 13.6. The molecule has 0 aliphatic rings. The minimum atomic E-state index is -0.959. The van der Waals surface area contributed by atoms with Crippen LogP contribution in [0.15, 0.2) is 24.3 Å². The zero-order valence-corrected chi connectivity index (χ0v) is 10.5. The van der Waals surface area contributed by atoms with Crippen LogP contribution in [0.2, 0.25) is 0 Å². The Labute approximate surface area is 101 Å². The van der Waals surface area contributed by atoms with Crippen molar-refractivity contribution in [3.8, 4) is 0 Å². The summed E-state index contributed by atoms with van der Waals surface area (Å²) in [7, 11) is 0. The number of hydrogen-bond acceptors (Lipinski definition) is 1. The highest BCUT2D eigenvalue weighted by Crippen LogP contribution is 2.30. The van der Waals surface area contributed by atoms with Gasteiger partial charge in [0, 0.05) is 5.56 Å². The fourth-order valence-electron chi connectivity index (χ4n) is 1.75. The molecule has 0 amide bonds. The molecule has 2 nitrogen and oxygen atoms in total. The zero-order valence-electron chi connectivity index (χ0n) is 10.5. The fraction of sp³-hybridized carbons (Fsp3) is 0.500. The molecule has 0 radical (unpaired) electrons. The predicted molar refractivity (Wildman–Crippen MR) is 65.5 cm³/mol. The van der Waals surface area contributed by atoms with Crippen LogP contribution in [0.3, 0.4) is 0 Å². The summed E-state index contributed by atoms with van der Waals surface area (Å²) in [4.78, 5) is 11.2. The Morgan fingerprint density at radius 2 is 1.94 bits per heavy atom. The van der Waals surface area contributed by atoms with Gasteiger partial charge in [-0.1, -0.05) is 39.0 Å². The zero-order chi connectivity index (χ0) is 13.1. The molecule has 3 heteroatoms. The van der Waals surface area contributed by atoms with Gasteiger partial charge in [0.2, 0.25) is 0 Å². The monoisotopic (exact) mass is 238 g/mol. The second-order valence-electron chi connectivity index (χ2n) is 5.51. The van der Waals surface area contributed by atoms with E-state index in [1.807, 2.05) is 20.8 Å². The van der Waals surface area contributed by atoms with Crippen LogP contribution in [0, 0.1) is 11.2 Å². The number of benzene rings is 1. The molecule has 1 rings (SSSR count). The van der Waals surface area contributed by atoms with Crippen molar-refractivity contribution in [1.29, 1.82) is 0 Å². The predicted octanol–water partition coefficient (Wildman–Crippen LogP) is 3.82. The van der Waals surface area contributed by atoms with E-state index in [9.17, 15) is 14.3 Å².